The molecule has 0 aromatic carbocycles. The van der Waals surface area contributed by atoms with Gasteiger partial charge in [0, 0.05) is 0 Å². The summed E-state index contributed by atoms with van der Waals surface area (Å²) < 4.78 is 4.95. The van der Waals surface area contributed by atoms with Crippen LogP contribution in [0.15, 0.2) is 0 Å². The van der Waals surface area contributed by atoms with Crippen LogP contribution in [-0.4, -0.2) is 46.2 Å². The van der Waals surface area contributed by atoms with Gasteiger partial charge in [-0.2, -0.15) is 0 Å². The molecule has 48 valence electrons. The lowest BCUT2D eigenvalue weighted by Gasteiger charge is -2.29. The average molecular weight is 130 g/mol. The second-order valence-corrected chi connectivity index (χ2v) is 5.10. The topological polar surface area (TPSA) is 6.48 Å². The summed E-state index contributed by atoms with van der Waals surface area (Å²) in [6, 6.07) is 0. The van der Waals surface area contributed by atoms with E-state index in [2.05, 4.69) is 23.2 Å². The van der Waals surface area contributed by atoms with Crippen molar-refractivity contribution in [3.8, 4) is 0 Å². The summed E-state index contributed by atoms with van der Waals surface area (Å²) in [4.78, 5) is 0. The van der Waals surface area contributed by atoms with Crippen LogP contribution in [0.5, 0.6) is 0 Å². The van der Waals surface area contributed by atoms with E-state index in [0.717, 1.165) is 0 Å². The second-order valence-electron chi connectivity index (χ2n) is 2.65. The summed E-state index contributed by atoms with van der Waals surface area (Å²) in [7, 11) is 4.47. The SMILES string of the molecule is CN1CCCN(C)[SiH2]1. The molecule has 0 N–H and O–H groups in total. The largest absolute Gasteiger partial charge is 0.319 e. The molecular weight excluding hydrogens is 116 g/mol. The zero-order valence-electron chi connectivity index (χ0n) is 5.72. The Labute approximate surface area is 53.4 Å². The van der Waals surface area contributed by atoms with Crippen molar-refractivity contribution in [3.05, 3.63) is 0 Å². The zero-order valence-corrected chi connectivity index (χ0v) is 7.14. The predicted molar refractivity (Wildman–Crippen MR) is 38.4 cm³/mol. The molecule has 2 nitrogen and oxygen atoms in total. The Morgan fingerprint density at radius 3 is 1.88 bits per heavy atom. The molecule has 0 atom stereocenters. The molecule has 0 bridgehead atoms. The molecule has 0 spiro atoms. The molecule has 8 heavy (non-hydrogen) atoms. The van der Waals surface area contributed by atoms with Crippen molar-refractivity contribution in [1.82, 2.24) is 9.13 Å². The van der Waals surface area contributed by atoms with Crippen molar-refractivity contribution in [2.24, 2.45) is 0 Å². The van der Waals surface area contributed by atoms with E-state index in [4.69, 9.17) is 0 Å². The van der Waals surface area contributed by atoms with Crippen molar-refractivity contribution >= 4 is 9.84 Å². The average Bonchev–Trinajstić information content (AvgIpc) is 1.64. The molecule has 0 aliphatic carbocycles. The van der Waals surface area contributed by atoms with E-state index in [1.54, 1.807) is 0 Å². The molecule has 1 aliphatic rings. The van der Waals surface area contributed by atoms with Gasteiger partial charge in [0.05, 0.1) is 0 Å². The summed E-state index contributed by atoms with van der Waals surface area (Å²) >= 11 is 0. The molecule has 1 aliphatic heterocycles. The molecule has 1 fully saturated rings. The standard InChI is InChI=1S/C5H14N2Si/c1-6-4-3-5-7(2)8-6/h3-5,8H2,1-2H3. The van der Waals surface area contributed by atoms with Gasteiger partial charge in [-0.15, -0.1) is 0 Å². The minimum Gasteiger partial charge on any atom is -0.319 e. The fourth-order valence-corrected chi connectivity index (χ4v) is 2.72. The molecule has 0 radical (unpaired) electrons. The lowest BCUT2D eigenvalue weighted by atomic mass is 10.4. The predicted octanol–water partition coefficient (Wildman–Crippen LogP) is -0.748. The normalized spacial score (nSPS) is 26.2. The highest BCUT2D eigenvalue weighted by molar-refractivity contribution is 6.28. The fourth-order valence-electron chi connectivity index (χ4n) is 1.16. The van der Waals surface area contributed by atoms with E-state index < -0.39 is 0 Å². The van der Waals surface area contributed by atoms with Gasteiger partial charge in [-0.3, -0.25) is 0 Å². The summed E-state index contributed by atoms with van der Waals surface area (Å²) in [5.74, 6) is 0. The van der Waals surface area contributed by atoms with Crippen LogP contribution >= 0.6 is 0 Å². The van der Waals surface area contributed by atoms with Crippen LogP contribution in [0.4, 0.5) is 0 Å². The quantitative estimate of drug-likeness (QED) is 0.398. The number of hydrogen-bond acceptors (Lipinski definition) is 2. The summed E-state index contributed by atoms with van der Waals surface area (Å²) in [6.45, 7) is 2.66. The van der Waals surface area contributed by atoms with E-state index >= 15 is 0 Å². The van der Waals surface area contributed by atoms with Crippen molar-refractivity contribution in [2.45, 2.75) is 6.42 Å². The lowest BCUT2D eigenvalue weighted by molar-refractivity contribution is 0.364. The van der Waals surface area contributed by atoms with Crippen LogP contribution in [0.3, 0.4) is 0 Å². The third kappa shape index (κ3) is 1.58. The molecule has 0 saturated carbocycles. The Morgan fingerprint density at radius 2 is 1.62 bits per heavy atom. The van der Waals surface area contributed by atoms with Gasteiger partial charge >= 0.3 is 0 Å². The smallest absolute Gasteiger partial charge is 0.172 e. The van der Waals surface area contributed by atoms with Crippen molar-refractivity contribution in [1.29, 1.82) is 0 Å². The van der Waals surface area contributed by atoms with Crippen LogP contribution in [0.25, 0.3) is 0 Å². The first kappa shape index (κ1) is 6.26. The molecule has 0 amide bonds. The van der Waals surface area contributed by atoms with Crippen LogP contribution in [0.2, 0.25) is 0 Å². The molecular formula is C5H14N2Si. The highest BCUT2D eigenvalue weighted by Gasteiger charge is 2.09. The van der Waals surface area contributed by atoms with Crippen LogP contribution in [0.1, 0.15) is 6.42 Å². The number of hydrogen-bond donors (Lipinski definition) is 0. The lowest BCUT2D eigenvalue weighted by Crippen LogP contribution is -2.43. The maximum Gasteiger partial charge on any atom is 0.172 e. The third-order valence-electron chi connectivity index (χ3n) is 1.56. The van der Waals surface area contributed by atoms with E-state index in [1.165, 1.54) is 19.5 Å². The van der Waals surface area contributed by atoms with E-state index in [-0.39, 0.29) is 9.84 Å². The van der Waals surface area contributed by atoms with Crippen molar-refractivity contribution in [3.63, 3.8) is 0 Å². The summed E-state index contributed by atoms with van der Waals surface area (Å²) in [6.07, 6.45) is 1.36. The van der Waals surface area contributed by atoms with E-state index in [1.807, 2.05) is 0 Å². The van der Waals surface area contributed by atoms with Gasteiger partial charge < -0.3 is 9.13 Å². The Bertz CT molecular complexity index is 68.8. The first-order valence-electron chi connectivity index (χ1n) is 3.16. The van der Waals surface area contributed by atoms with Gasteiger partial charge in [0.25, 0.3) is 0 Å². The minimum atomic E-state index is 0.0239. The molecule has 3 heteroatoms. The highest BCUT2D eigenvalue weighted by atomic mass is 28.2. The maximum atomic E-state index is 2.48. The van der Waals surface area contributed by atoms with Gasteiger partial charge in [0.2, 0.25) is 0 Å². The van der Waals surface area contributed by atoms with Crippen molar-refractivity contribution in [2.75, 3.05) is 27.2 Å². The number of rotatable bonds is 0. The molecule has 1 saturated heterocycles. The van der Waals surface area contributed by atoms with Crippen LogP contribution in [-0.2, 0) is 0 Å². The Morgan fingerprint density at radius 1 is 1.12 bits per heavy atom. The monoisotopic (exact) mass is 130 g/mol. The fraction of sp³-hybridized carbons (Fsp3) is 1.00. The summed E-state index contributed by atoms with van der Waals surface area (Å²) in [5.41, 5.74) is 0. The van der Waals surface area contributed by atoms with Gasteiger partial charge in [-0.1, -0.05) is 0 Å². The van der Waals surface area contributed by atoms with Gasteiger partial charge in [-0.25, -0.2) is 0 Å². The van der Waals surface area contributed by atoms with E-state index in [9.17, 15) is 0 Å². The minimum absolute atomic E-state index is 0.0239. The molecule has 1 heterocycles. The Hall–Kier alpha value is 0.137. The van der Waals surface area contributed by atoms with Gasteiger partial charge in [-0.05, 0) is 33.6 Å². The molecule has 0 aromatic rings. The highest BCUT2D eigenvalue weighted by Crippen LogP contribution is 1.96. The summed E-state index contributed by atoms with van der Waals surface area (Å²) in [5, 5.41) is 0. The number of nitrogens with zero attached hydrogens (tertiary/aromatic N) is 2. The first-order valence-corrected chi connectivity index (χ1v) is 4.42. The molecule has 0 aromatic heterocycles. The zero-order chi connectivity index (χ0) is 5.98. The Kier molecular flexibility index (Phi) is 2.05. The molecule has 1 rings (SSSR count). The second kappa shape index (κ2) is 2.62. The Balaban J connectivity index is 2.23. The first-order chi connectivity index (χ1) is 3.79. The maximum absolute atomic E-state index is 2.48. The van der Waals surface area contributed by atoms with E-state index in [0.29, 0.717) is 0 Å². The van der Waals surface area contributed by atoms with Crippen LogP contribution in [0, 0.1) is 0 Å². The van der Waals surface area contributed by atoms with Crippen LogP contribution < -0.4 is 0 Å². The van der Waals surface area contributed by atoms with Gasteiger partial charge in [0.1, 0.15) is 0 Å². The van der Waals surface area contributed by atoms with Gasteiger partial charge in [0.15, 0.2) is 9.84 Å². The molecule has 0 unspecified atom stereocenters. The third-order valence-corrected chi connectivity index (χ3v) is 3.16. The van der Waals surface area contributed by atoms with Crippen molar-refractivity contribution < 1.29 is 0 Å².